The minimum atomic E-state index is 0.00116. The van der Waals surface area contributed by atoms with E-state index in [9.17, 15) is 0 Å². The van der Waals surface area contributed by atoms with Crippen LogP contribution in [-0.4, -0.2) is 12.3 Å². The molecule has 3 heteroatoms. The van der Waals surface area contributed by atoms with Gasteiger partial charge in [-0.2, -0.15) is 5.10 Å². The Morgan fingerprint density at radius 1 is 1.71 bits per heavy atom. The first-order chi connectivity index (χ1) is 3.39. The van der Waals surface area contributed by atoms with Crippen LogP contribution in [0.25, 0.3) is 0 Å². The number of hydrogen-bond acceptors (Lipinski definition) is 3. The van der Waals surface area contributed by atoms with E-state index >= 15 is 0 Å². The smallest absolute Gasteiger partial charge is 0.0620 e. The average Bonchev–Trinajstić information content (AvgIpc) is 1.69. The van der Waals surface area contributed by atoms with Gasteiger partial charge in [-0.25, -0.2) is 0 Å². The van der Waals surface area contributed by atoms with Gasteiger partial charge in [0, 0.05) is 12.4 Å². The van der Waals surface area contributed by atoms with Crippen LogP contribution in [-0.2, 0) is 0 Å². The first kappa shape index (κ1) is 4.33. The van der Waals surface area contributed by atoms with E-state index in [1.165, 1.54) is 0 Å². The van der Waals surface area contributed by atoms with Crippen LogP contribution in [0.15, 0.2) is 17.4 Å². The Kier molecular flexibility index (Phi) is 1.08. The topological polar surface area (TPSA) is 50.4 Å². The molecular formula is C4H7N3. The molecule has 0 bridgehead atoms. The van der Waals surface area contributed by atoms with Crippen molar-refractivity contribution in [3.63, 3.8) is 0 Å². The maximum absolute atomic E-state index is 5.36. The summed E-state index contributed by atoms with van der Waals surface area (Å²) in [5.74, 6) is 0. The summed E-state index contributed by atoms with van der Waals surface area (Å²) in [5, 5.41) is 3.67. The third kappa shape index (κ3) is 1.01. The number of rotatable bonds is 0. The first-order valence-corrected chi connectivity index (χ1v) is 2.10. The second-order valence-electron chi connectivity index (χ2n) is 1.34. The van der Waals surface area contributed by atoms with Crippen molar-refractivity contribution in [2.75, 3.05) is 0 Å². The van der Waals surface area contributed by atoms with Crippen molar-refractivity contribution in [2.24, 2.45) is 10.8 Å². The molecule has 0 spiro atoms. The summed E-state index contributed by atoms with van der Waals surface area (Å²) in [4.78, 5) is 0. The molecule has 0 radical (unpaired) electrons. The van der Waals surface area contributed by atoms with Crippen LogP contribution < -0.4 is 11.2 Å². The molecule has 7 heavy (non-hydrogen) atoms. The fraction of sp³-hybridized carbons (Fsp3) is 0.250. The Hall–Kier alpha value is -0.830. The van der Waals surface area contributed by atoms with E-state index in [-0.39, 0.29) is 6.04 Å². The van der Waals surface area contributed by atoms with Crippen molar-refractivity contribution in [1.82, 2.24) is 5.43 Å². The van der Waals surface area contributed by atoms with Crippen LogP contribution >= 0.6 is 0 Å². The minimum absolute atomic E-state index is 0.00116. The van der Waals surface area contributed by atoms with Crippen LogP contribution in [0.4, 0.5) is 0 Å². The summed E-state index contributed by atoms with van der Waals surface area (Å²) >= 11 is 0. The third-order valence-electron chi connectivity index (χ3n) is 0.714. The lowest BCUT2D eigenvalue weighted by Gasteiger charge is -2.01. The van der Waals surface area contributed by atoms with Gasteiger partial charge in [-0.15, -0.1) is 0 Å². The molecule has 0 amide bonds. The lowest BCUT2D eigenvalue weighted by atomic mass is 10.3. The standard InChI is InChI=1S/C4H7N3/c5-4-1-2-6-7-3-4/h1-4,6H,5H2. The molecule has 3 nitrogen and oxygen atoms in total. The number of nitrogens with one attached hydrogen (secondary N) is 1. The molecule has 0 aliphatic carbocycles. The van der Waals surface area contributed by atoms with Crippen molar-refractivity contribution in [3.8, 4) is 0 Å². The fourth-order valence-corrected chi connectivity index (χ4v) is 0.376. The fourth-order valence-electron chi connectivity index (χ4n) is 0.376. The molecule has 0 saturated heterocycles. The van der Waals surface area contributed by atoms with Gasteiger partial charge in [0.05, 0.1) is 6.04 Å². The summed E-state index contributed by atoms with van der Waals surface area (Å²) in [5.41, 5.74) is 7.98. The lowest BCUT2D eigenvalue weighted by Crippen LogP contribution is -2.23. The van der Waals surface area contributed by atoms with Gasteiger partial charge < -0.3 is 5.73 Å². The van der Waals surface area contributed by atoms with Gasteiger partial charge in [0.15, 0.2) is 0 Å². The van der Waals surface area contributed by atoms with E-state index in [4.69, 9.17) is 5.73 Å². The zero-order valence-corrected chi connectivity index (χ0v) is 3.83. The molecule has 1 rings (SSSR count). The van der Waals surface area contributed by atoms with Crippen LogP contribution in [0.1, 0.15) is 0 Å². The number of hydrogen-bond donors (Lipinski definition) is 2. The van der Waals surface area contributed by atoms with Crippen molar-refractivity contribution in [1.29, 1.82) is 0 Å². The molecule has 0 saturated carbocycles. The minimum Gasteiger partial charge on any atom is -0.320 e. The zero-order chi connectivity index (χ0) is 5.11. The molecule has 0 aromatic carbocycles. The maximum Gasteiger partial charge on any atom is 0.0620 e. The molecule has 0 fully saturated rings. The normalized spacial score (nSPS) is 27.3. The van der Waals surface area contributed by atoms with E-state index < -0.39 is 0 Å². The highest BCUT2D eigenvalue weighted by Crippen LogP contribution is 1.80. The largest absolute Gasteiger partial charge is 0.320 e. The van der Waals surface area contributed by atoms with Crippen LogP contribution in [0.2, 0.25) is 0 Å². The molecule has 1 aliphatic rings. The van der Waals surface area contributed by atoms with E-state index in [1.807, 2.05) is 6.08 Å². The monoisotopic (exact) mass is 97.1 g/mol. The summed E-state index contributed by atoms with van der Waals surface area (Å²) in [7, 11) is 0. The van der Waals surface area contributed by atoms with Gasteiger partial charge >= 0.3 is 0 Å². The van der Waals surface area contributed by atoms with E-state index in [1.54, 1.807) is 12.4 Å². The first-order valence-electron chi connectivity index (χ1n) is 2.10. The SMILES string of the molecule is NC1C=CNN=C1. The van der Waals surface area contributed by atoms with Gasteiger partial charge in [-0.05, 0) is 6.08 Å². The predicted molar refractivity (Wildman–Crippen MR) is 28.7 cm³/mol. The van der Waals surface area contributed by atoms with Crippen molar-refractivity contribution < 1.29 is 0 Å². The molecule has 1 unspecified atom stereocenters. The Morgan fingerprint density at radius 2 is 2.57 bits per heavy atom. The highest BCUT2D eigenvalue weighted by atomic mass is 15.3. The molecule has 3 N–H and O–H groups in total. The van der Waals surface area contributed by atoms with Crippen LogP contribution in [0.5, 0.6) is 0 Å². The summed E-state index contributed by atoms with van der Waals surface area (Å²) in [6.07, 6.45) is 5.18. The highest BCUT2D eigenvalue weighted by molar-refractivity contribution is 5.67. The summed E-state index contributed by atoms with van der Waals surface area (Å²) in [6.45, 7) is 0. The van der Waals surface area contributed by atoms with Crippen molar-refractivity contribution in [3.05, 3.63) is 12.3 Å². The molecule has 0 aromatic heterocycles. The maximum atomic E-state index is 5.36. The second-order valence-corrected chi connectivity index (χ2v) is 1.34. The summed E-state index contributed by atoms with van der Waals surface area (Å²) in [6, 6.07) is 0.00116. The lowest BCUT2D eigenvalue weighted by molar-refractivity contribution is 0.908. The van der Waals surface area contributed by atoms with E-state index in [0.29, 0.717) is 0 Å². The Morgan fingerprint density at radius 3 is 2.86 bits per heavy atom. The molecule has 1 atom stereocenters. The third-order valence-corrected chi connectivity index (χ3v) is 0.714. The Balaban J connectivity index is 2.49. The predicted octanol–water partition coefficient (Wildman–Crippen LogP) is -0.584. The number of hydrazone groups is 1. The van der Waals surface area contributed by atoms with Gasteiger partial charge in [0.25, 0.3) is 0 Å². The van der Waals surface area contributed by atoms with Gasteiger partial charge in [-0.1, -0.05) is 0 Å². The average molecular weight is 97.1 g/mol. The van der Waals surface area contributed by atoms with Gasteiger partial charge in [-0.3, -0.25) is 5.43 Å². The van der Waals surface area contributed by atoms with Crippen LogP contribution in [0, 0.1) is 0 Å². The van der Waals surface area contributed by atoms with Crippen molar-refractivity contribution in [2.45, 2.75) is 6.04 Å². The van der Waals surface area contributed by atoms with Gasteiger partial charge in [0.1, 0.15) is 0 Å². The molecule has 0 aromatic rings. The molecule has 1 aliphatic heterocycles. The van der Waals surface area contributed by atoms with Gasteiger partial charge in [0.2, 0.25) is 0 Å². The zero-order valence-electron chi connectivity index (χ0n) is 3.83. The van der Waals surface area contributed by atoms with E-state index in [0.717, 1.165) is 0 Å². The van der Waals surface area contributed by atoms with E-state index in [2.05, 4.69) is 10.5 Å². The second kappa shape index (κ2) is 1.75. The number of nitrogens with zero attached hydrogens (tertiary/aromatic N) is 1. The van der Waals surface area contributed by atoms with Crippen molar-refractivity contribution >= 4 is 6.21 Å². The molecular weight excluding hydrogens is 90.1 g/mol. The molecule has 38 valence electrons. The molecule has 1 heterocycles. The Labute approximate surface area is 41.9 Å². The quantitative estimate of drug-likeness (QED) is 0.424. The Bertz CT molecular complexity index is 93.5. The highest BCUT2D eigenvalue weighted by Gasteiger charge is 1.91. The summed E-state index contributed by atoms with van der Waals surface area (Å²) < 4.78 is 0. The van der Waals surface area contributed by atoms with Crippen LogP contribution in [0.3, 0.4) is 0 Å². The number of nitrogens with two attached hydrogens (primary N) is 1.